The molecule has 0 bridgehead atoms. The van der Waals surface area contributed by atoms with Crippen molar-refractivity contribution in [2.24, 2.45) is 0 Å². The third-order valence-electron chi connectivity index (χ3n) is 0.354. The maximum Gasteiger partial charge on any atom is 0 e. The molecule has 2 radical (unpaired) electrons. The molecule has 0 saturated heterocycles. The number of unbranched alkanes of at least 4 members (excludes halogenated alkanes) is 1. The fourth-order valence-corrected chi connectivity index (χ4v) is 0. The summed E-state index contributed by atoms with van der Waals surface area (Å²) in [6.07, 6.45) is 2.28. The molecule has 0 N–H and O–H groups in total. The van der Waals surface area contributed by atoms with Gasteiger partial charge in [-0.25, -0.2) is 0 Å². The van der Waals surface area contributed by atoms with Crippen LogP contribution in [-0.4, -0.2) is 0 Å². The first-order chi connectivity index (χ1) is 1.91. The first-order valence-corrected chi connectivity index (χ1v) is 1.71. The molecule has 0 aromatic carbocycles. The SMILES string of the molecule is [CH2-]CCC.[CH3-].[CH3-].[Y].[Y]. The fourth-order valence-electron chi connectivity index (χ4n) is 0. The van der Waals surface area contributed by atoms with Crippen molar-refractivity contribution in [1.82, 2.24) is 0 Å². The standard InChI is InChI=1S/C4H9.2CH3.2Y/c1-3-4-2;;;;/h1,3-4H2,2H3;2*1H3;;/q3*-1;;. The van der Waals surface area contributed by atoms with Gasteiger partial charge in [0, 0.05) is 65.4 Å². The van der Waals surface area contributed by atoms with Crippen LogP contribution in [0, 0.1) is 21.8 Å². The van der Waals surface area contributed by atoms with Crippen LogP contribution >= 0.6 is 0 Å². The summed E-state index contributed by atoms with van der Waals surface area (Å²) in [4.78, 5) is 0. The summed E-state index contributed by atoms with van der Waals surface area (Å²) in [7, 11) is 0. The van der Waals surface area contributed by atoms with Crippen molar-refractivity contribution >= 4 is 0 Å². The summed E-state index contributed by atoms with van der Waals surface area (Å²) < 4.78 is 0. The second-order valence-corrected chi connectivity index (χ2v) is 0.854. The van der Waals surface area contributed by atoms with E-state index in [-0.39, 0.29) is 80.3 Å². The smallest absolute Gasteiger partial charge is 0 e. The normalized spacial score (nSPS) is 3.75. The van der Waals surface area contributed by atoms with E-state index in [0.29, 0.717) is 0 Å². The van der Waals surface area contributed by atoms with Gasteiger partial charge in [-0.1, -0.05) is 13.3 Å². The molecule has 0 aliphatic rings. The fraction of sp³-hybridized carbons (Fsp3) is 0.500. The first kappa shape index (κ1) is 31.9. The van der Waals surface area contributed by atoms with Crippen LogP contribution in [0.2, 0.25) is 0 Å². The number of hydrogen-bond acceptors (Lipinski definition) is 0. The molecule has 0 heterocycles. The Kier molecular flexibility index (Phi) is 140. The Morgan fingerprint density at radius 2 is 1.25 bits per heavy atom. The average molecular weight is 265 g/mol. The van der Waals surface area contributed by atoms with Gasteiger partial charge in [-0.2, -0.15) is 6.42 Å². The number of hydrogen-bond donors (Lipinski definition) is 0. The van der Waals surface area contributed by atoms with Crippen molar-refractivity contribution in [3.8, 4) is 0 Å². The zero-order chi connectivity index (χ0) is 3.41. The Morgan fingerprint density at radius 3 is 1.25 bits per heavy atom. The van der Waals surface area contributed by atoms with Gasteiger partial charge in [0.05, 0.1) is 0 Å². The summed E-state index contributed by atoms with van der Waals surface area (Å²) in [6.45, 7) is 5.72. The number of rotatable bonds is 1. The van der Waals surface area contributed by atoms with Crippen LogP contribution in [0.4, 0.5) is 0 Å². The molecule has 0 unspecified atom stereocenters. The monoisotopic (exact) mass is 265 g/mol. The van der Waals surface area contributed by atoms with Crippen LogP contribution in [0.1, 0.15) is 19.8 Å². The van der Waals surface area contributed by atoms with Gasteiger partial charge in [-0.15, -0.1) is 0 Å². The topological polar surface area (TPSA) is 0 Å². The Hall–Kier alpha value is 2.21. The van der Waals surface area contributed by atoms with Crippen LogP contribution < -0.4 is 0 Å². The van der Waals surface area contributed by atoms with E-state index in [9.17, 15) is 0 Å². The van der Waals surface area contributed by atoms with Crippen LogP contribution in [0.15, 0.2) is 0 Å². The largest absolute Gasteiger partial charge is 0.358 e. The van der Waals surface area contributed by atoms with Gasteiger partial charge in [0.1, 0.15) is 0 Å². The summed E-state index contributed by atoms with van der Waals surface area (Å²) in [5.74, 6) is 0. The van der Waals surface area contributed by atoms with E-state index in [4.69, 9.17) is 0 Å². The van der Waals surface area contributed by atoms with Gasteiger partial charge in [0.2, 0.25) is 0 Å². The maximum absolute atomic E-state index is 3.60. The van der Waals surface area contributed by atoms with E-state index in [2.05, 4.69) is 13.8 Å². The van der Waals surface area contributed by atoms with E-state index in [0.717, 1.165) is 6.42 Å². The molecule has 8 heavy (non-hydrogen) atoms. The van der Waals surface area contributed by atoms with Gasteiger partial charge < -0.3 is 21.8 Å². The summed E-state index contributed by atoms with van der Waals surface area (Å²) >= 11 is 0. The zero-order valence-corrected chi connectivity index (χ0v) is 12.0. The maximum atomic E-state index is 3.60. The molecule has 0 aromatic heterocycles. The van der Waals surface area contributed by atoms with E-state index in [1.165, 1.54) is 6.42 Å². The van der Waals surface area contributed by atoms with Crippen molar-refractivity contribution in [3.63, 3.8) is 0 Å². The summed E-state index contributed by atoms with van der Waals surface area (Å²) in [5, 5.41) is 0. The quantitative estimate of drug-likeness (QED) is 0.639. The molecule has 48 valence electrons. The molecule has 0 rings (SSSR count). The molecule has 2 heteroatoms. The Bertz CT molecular complexity index is 8.49. The van der Waals surface area contributed by atoms with E-state index in [1.807, 2.05) is 0 Å². The molecule has 0 fully saturated rings. The van der Waals surface area contributed by atoms with Gasteiger partial charge in [0.25, 0.3) is 0 Å². The van der Waals surface area contributed by atoms with Crippen LogP contribution in [-0.2, 0) is 65.4 Å². The Labute approximate surface area is 105 Å². The minimum Gasteiger partial charge on any atom is -0.358 e. The van der Waals surface area contributed by atoms with Crippen LogP contribution in [0.25, 0.3) is 0 Å². The molecular formula is C6H15Y2-3. The van der Waals surface area contributed by atoms with E-state index in [1.54, 1.807) is 0 Å². The van der Waals surface area contributed by atoms with E-state index >= 15 is 0 Å². The molecule has 0 aliphatic carbocycles. The molecular weight excluding hydrogens is 250 g/mol. The molecule has 0 atom stereocenters. The second kappa shape index (κ2) is 35.0. The van der Waals surface area contributed by atoms with Gasteiger partial charge >= 0.3 is 0 Å². The third-order valence-corrected chi connectivity index (χ3v) is 0.354. The molecule has 0 nitrogen and oxygen atoms in total. The third kappa shape index (κ3) is 41.4. The predicted molar refractivity (Wildman–Crippen MR) is 33.1 cm³/mol. The average Bonchev–Trinajstić information content (AvgIpc) is 1.37. The summed E-state index contributed by atoms with van der Waals surface area (Å²) in [5.41, 5.74) is 0. The van der Waals surface area contributed by atoms with Crippen molar-refractivity contribution < 1.29 is 65.4 Å². The first-order valence-electron chi connectivity index (χ1n) is 1.71. The van der Waals surface area contributed by atoms with Crippen molar-refractivity contribution in [1.29, 1.82) is 0 Å². The van der Waals surface area contributed by atoms with Crippen molar-refractivity contribution in [3.05, 3.63) is 21.8 Å². The zero-order valence-electron chi connectivity index (χ0n) is 6.28. The Balaban J connectivity index is -0.00000000750. The van der Waals surface area contributed by atoms with Gasteiger partial charge in [-0.3, -0.25) is 0 Å². The minimum absolute atomic E-state index is 0. The molecule has 0 amide bonds. The molecule has 0 aromatic rings. The van der Waals surface area contributed by atoms with Crippen molar-refractivity contribution in [2.75, 3.05) is 0 Å². The van der Waals surface area contributed by atoms with Gasteiger partial charge in [-0.05, 0) is 0 Å². The summed E-state index contributed by atoms with van der Waals surface area (Å²) in [6, 6.07) is 0. The van der Waals surface area contributed by atoms with Crippen LogP contribution in [0.3, 0.4) is 0 Å². The molecule has 0 spiro atoms. The minimum atomic E-state index is 0. The molecule has 0 aliphatic heterocycles. The molecule has 0 saturated carbocycles. The van der Waals surface area contributed by atoms with Crippen LogP contribution in [0.5, 0.6) is 0 Å². The Morgan fingerprint density at radius 1 is 1.12 bits per heavy atom. The van der Waals surface area contributed by atoms with E-state index < -0.39 is 0 Å². The second-order valence-electron chi connectivity index (χ2n) is 0.854. The predicted octanol–water partition coefficient (Wildman–Crippen LogP) is 2.52. The van der Waals surface area contributed by atoms with Crippen molar-refractivity contribution in [2.45, 2.75) is 19.8 Å². The van der Waals surface area contributed by atoms with Gasteiger partial charge in [0.15, 0.2) is 0 Å².